The fourth-order valence-electron chi connectivity index (χ4n) is 3.70. The predicted octanol–water partition coefficient (Wildman–Crippen LogP) is 1.69. The fraction of sp³-hybridized carbons (Fsp3) is 0.550. The van der Waals surface area contributed by atoms with Gasteiger partial charge in [-0.05, 0) is 43.7 Å². The minimum atomic E-state index is -0.823. The van der Waals surface area contributed by atoms with E-state index >= 15 is 0 Å². The highest BCUT2D eigenvalue weighted by molar-refractivity contribution is 6.09. The van der Waals surface area contributed by atoms with Gasteiger partial charge in [0, 0.05) is 0 Å². The first-order chi connectivity index (χ1) is 13.4. The largest absolute Gasteiger partial charge is 0.493 e. The van der Waals surface area contributed by atoms with Crippen molar-refractivity contribution in [2.45, 2.75) is 38.1 Å². The molecule has 0 bridgehead atoms. The van der Waals surface area contributed by atoms with Crippen LogP contribution in [-0.2, 0) is 9.59 Å². The highest BCUT2D eigenvalue weighted by atomic mass is 16.5. The monoisotopic (exact) mass is 389 g/mol. The van der Waals surface area contributed by atoms with Crippen molar-refractivity contribution in [1.29, 1.82) is 0 Å². The summed E-state index contributed by atoms with van der Waals surface area (Å²) in [6, 6.07) is 6.74. The molecule has 1 aliphatic heterocycles. The average Bonchev–Trinajstić information content (AvgIpc) is 2.92. The summed E-state index contributed by atoms with van der Waals surface area (Å²) in [6.45, 7) is 2.36. The molecule has 1 aliphatic carbocycles. The zero-order valence-corrected chi connectivity index (χ0v) is 16.3. The molecular formula is C20H27N3O5. The van der Waals surface area contributed by atoms with Crippen LogP contribution in [0.3, 0.4) is 0 Å². The molecule has 0 unspecified atom stereocenters. The normalized spacial score (nSPS) is 24.2. The van der Waals surface area contributed by atoms with Gasteiger partial charge in [0.05, 0.1) is 13.7 Å². The Morgan fingerprint density at radius 2 is 1.93 bits per heavy atom. The smallest absolute Gasteiger partial charge is 0.325 e. The van der Waals surface area contributed by atoms with Crippen LogP contribution in [0.25, 0.3) is 0 Å². The predicted molar refractivity (Wildman–Crippen MR) is 102 cm³/mol. The number of amides is 4. The van der Waals surface area contributed by atoms with E-state index in [0.717, 1.165) is 17.7 Å². The lowest BCUT2D eigenvalue weighted by atomic mass is 9.77. The number of urea groups is 1. The van der Waals surface area contributed by atoms with Crippen LogP contribution in [0.15, 0.2) is 24.3 Å². The van der Waals surface area contributed by atoms with Crippen molar-refractivity contribution in [3.05, 3.63) is 24.3 Å². The second-order valence-electron chi connectivity index (χ2n) is 7.44. The van der Waals surface area contributed by atoms with Gasteiger partial charge in [0.2, 0.25) is 5.91 Å². The van der Waals surface area contributed by atoms with Crippen molar-refractivity contribution >= 4 is 17.8 Å². The maximum atomic E-state index is 12.7. The van der Waals surface area contributed by atoms with Crippen LogP contribution >= 0.6 is 0 Å². The van der Waals surface area contributed by atoms with Crippen molar-refractivity contribution in [2.75, 3.05) is 26.8 Å². The summed E-state index contributed by atoms with van der Waals surface area (Å²) in [5.41, 5.74) is -0.823. The zero-order chi connectivity index (χ0) is 20.1. The van der Waals surface area contributed by atoms with Gasteiger partial charge in [-0.3, -0.25) is 14.5 Å². The molecule has 1 saturated heterocycles. The number of methoxy groups -OCH3 is 1. The first-order valence-electron chi connectivity index (χ1n) is 9.62. The molecule has 8 heteroatoms. The second kappa shape index (κ2) is 8.50. The maximum absolute atomic E-state index is 12.7. The average molecular weight is 389 g/mol. The van der Waals surface area contributed by atoms with Gasteiger partial charge in [0.15, 0.2) is 11.5 Å². The van der Waals surface area contributed by atoms with Crippen LogP contribution in [-0.4, -0.2) is 55.1 Å². The standard InChI is InChI=1S/C20H27N3O5/c1-14-7-9-20(10-8-14)18(25)23(19(26)22-20)13-17(24)21-11-12-28-16-6-4-3-5-15(16)27-2/h3-6,14H,7-13H2,1-2H3,(H,21,24)(H,22,26). The first kappa shape index (κ1) is 20.0. The van der Waals surface area contributed by atoms with E-state index in [9.17, 15) is 14.4 Å². The van der Waals surface area contributed by atoms with E-state index in [0.29, 0.717) is 30.3 Å². The Labute approximate surface area is 164 Å². The Bertz CT molecular complexity index is 743. The number of ether oxygens (including phenoxy) is 2. The SMILES string of the molecule is COc1ccccc1OCCNC(=O)CN1C(=O)NC2(CCC(C)CC2)C1=O. The van der Waals surface area contributed by atoms with Crippen molar-refractivity contribution < 1.29 is 23.9 Å². The third-order valence-electron chi connectivity index (χ3n) is 5.43. The van der Waals surface area contributed by atoms with Gasteiger partial charge < -0.3 is 20.1 Å². The summed E-state index contributed by atoms with van der Waals surface area (Å²) >= 11 is 0. The van der Waals surface area contributed by atoms with E-state index in [-0.39, 0.29) is 25.6 Å². The number of hydrogen-bond acceptors (Lipinski definition) is 5. The van der Waals surface area contributed by atoms with Crippen LogP contribution in [0.2, 0.25) is 0 Å². The highest BCUT2D eigenvalue weighted by Crippen LogP contribution is 2.36. The Morgan fingerprint density at radius 1 is 1.25 bits per heavy atom. The molecule has 28 heavy (non-hydrogen) atoms. The van der Waals surface area contributed by atoms with Crippen molar-refractivity contribution in [2.24, 2.45) is 5.92 Å². The molecule has 1 saturated carbocycles. The lowest BCUT2D eigenvalue weighted by Gasteiger charge is -2.33. The van der Waals surface area contributed by atoms with E-state index < -0.39 is 17.5 Å². The molecule has 2 aliphatic rings. The molecule has 8 nitrogen and oxygen atoms in total. The number of nitrogens with zero attached hydrogens (tertiary/aromatic N) is 1. The lowest BCUT2D eigenvalue weighted by molar-refractivity contribution is -0.136. The quantitative estimate of drug-likeness (QED) is 0.546. The molecular weight excluding hydrogens is 362 g/mol. The Hall–Kier alpha value is -2.77. The van der Waals surface area contributed by atoms with Gasteiger partial charge >= 0.3 is 6.03 Å². The summed E-state index contributed by atoms with van der Waals surface area (Å²) in [4.78, 5) is 38.2. The van der Waals surface area contributed by atoms with Crippen LogP contribution in [0.1, 0.15) is 32.6 Å². The summed E-state index contributed by atoms with van der Waals surface area (Å²) in [7, 11) is 1.56. The molecule has 2 fully saturated rings. The number of imide groups is 1. The molecule has 0 atom stereocenters. The highest BCUT2D eigenvalue weighted by Gasteiger charge is 2.52. The van der Waals surface area contributed by atoms with Gasteiger partial charge in [-0.25, -0.2) is 4.79 Å². The molecule has 1 aromatic rings. The molecule has 1 spiro atoms. The zero-order valence-electron chi connectivity index (χ0n) is 16.3. The number of carbonyl (C=O) groups is 3. The Kier molecular flexibility index (Phi) is 6.06. The van der Waals surface area contributed by atoms with Crippen LogP contribution in [0, 0.1) is 5.92 Å². The Balaban J connectivity index is 1.46. The molecule has 3 rings (SSSR count). The van der Waals surface area contributed by atoms with Crippen molar-refractivity contribution in [3.8, 4) is 11.5 Å². The van der Waals surface area contributed by atoms with Crippen LogP contribution in [0.5, 0.6) is 11.5 Å². The molecule has 0 radical (unpaired) electrons. The maximum Gasteiger partial charge on any atom is 0.325 e. The van der Waals surface area contributed by atoms with Crippen LogP contribution in [0.4, 0.5) is 4.79 Å². The third-order valence-corrected chi connectivity index (χ3v) is 5.43. The summed E-state index contributed by atoms with van der Waals surface area (Å²) in [5, 5.41) is 5.49. The number of nitrogens with one attached hydrogen (secondary N) is 2. The summed E-state index contributed by atoms with van der Waals surface area (Å²) in [5.74, 6) is 1.07. The molecule has 1 heterocycles. The van der Waals surface area contributed by atoms with Gasteiger partial charge in [0.1, 0.15) is 18.7 Å². The van der Waals surface area contributed by atoms with E-state index in [4.69, 9.17) is 9.47 Å². The number of para-hydroxylation sites is 2. The summed E-state index contributed by atoms with van der Waals surface area (Å²) < 4.78 is 10.8. The van der Waals surface area contributed by atoms with Crippen molar-refractivity contribution in [3.63, 3.8) is 0 Å². The molecule has 152 valence electrons. The van der Waals surface area contributed by atoms with E-state index in [1.54, 1.807) is 19.2 Å². The summed E-state index contributed by atoms with van der Waals surface area (Å²) in [6.07, 6.45) is 3.05. The fourth-order valence-corrected chi connectivity index (χ4v) is 3.70. The number of rotatable bonds is 7. The molecule has 4 amide bonds. The number of hydrogen-bond donors (Lipinski definition) is 2. The Morgan fingerprint density at radius 3 is 2.61 bits per heavy atom. The van der Waals surface area contributed by atoms with Gasteiger partial charge in [0.25, 0.3) is 5.91 Å². The second-order valence-corrected chi connectivity index (χ2v) is 7.44. The first-order valence-corrected chi connectivity index (χ1v) is 9.62. The van der Waals surface area contributed by atoms with E-state index in [1.807, 2.05) is 12.1 Å². The molecule has 2 N–H and O–H groups in total. The van der Waals surface area contributed by atoms with Gasteiger partial charge in [-0.15, -0.1) is 0 Å². The van der Waals surface area contributed by atoms with E-state index in [1.165, 1.54) is 0 Å². The van der Waals surface area contributed by atoms with Gasteiger partial charge in [-0.1, -0.05) is 19.1 Å². The lowest BCUT2D eigenvalue weighted by Crippen LogP contribution is -2.50. The molecule has 0 aromatic heterocycles. The minimum Gasteiger partial charge on any atom is -0.493 e. The van der Waals surface area contributed by atoms with Crippen molar-refractivity contribution in [1.82, 2.24) is 15.5 Å². The van der Waals surface area contributed by atoms with Gasteiger partial charge in [-0.2, -0.15) is 0 Å². The third kappa shape index (κ3) is 4.21. The van der Waals surface area contributed by atoms with Crippen LogP contribution < -0.4 is 20.1 Å². The molecule has 1 aromatic carbocycles. The topological polar surface area (TPSA) is 97.0 Å². The number of carbonyl (C=O) groups excluding carboxylic acids is 3. The number of benzene rings is 1. The minimum absolute atomic E-state index is 0.244. The van der Waals surface area contributed by atoms with E-state index in [2.05, 4.69) is 17.6 Å².